The average Bonchev–Trinajstić information content (AvgIpc) is 2.32. The second-order valence-corrected chi connectivity index (χ2v) is 9.27. The summed E-state index contributed by atoms with van der Waals surface area (Å²) in [5, 5.41) is 0. The first-order chi connectivity index (χ1) is 9.87. The van der Waals surface area contributed by atoms with Crippen molar-refractivity contribution in [3.05, 3.63) is 23.8 Å². The zero-order valence-electron chi connectivity index (χ0n) is 14.8. The lowest BCUT2D eigenvalue weighted by Crippen LogP contribution is -2.40. The molecule has 0 aliphatic carbocycles. The Bertz CT molecular complexity index is 608. The zero-order valence-corrected chi connectivity index (χ0v) is 15.6. The SMILES string of the molecule is CCCOc1ccc(C(C)(C)C)cc1S(=O)(=O)NC(C)(C)C. The highest BCUT2D eigenvalue weighted by Gasteiger charge is 2.27. The van der Waals surface area contributed by atoms with Gasteiger partial charge in [-0.15, -0.1) is 0 Å². The summed E-state index contributed by atoms with van der Waals surface area (Å²) < 4.78 is 33.8. The summed E-state index contributed by atoms with van der Waals surface area (Å²) in [7, 11) is -3.64. The Kier molecular flexibility index (Phi) is 5.68. The van der Waals surface area contributed by atoms with Gasteiger partial charge in [-0.25, -0.2) is 13.1 Å². The fraction of sp³-hybridized carbons (Fsp3) is 0.647. The molecule has 1 aromatic rings. The molecule has 0 heterocycles. The van der Waals surface area contributed by atoms with Crippen molar-refractivity contribution in [2.45, 2.75) is 70.7 Å². The molecule has 5 heteroatoms. The smallest absolute Gasteiger partial charge is 0.244 e. The summed E-state index contributed by atoms with van der Waals surface area (Å²) in [4.78, 5) is 0.211. The Morgan fingerprint density at radius 2 is 1.68 bits per heavy atom. The molecule has 0 aliphatic rings. The molecule has 0 bridgehead atoms. The van der Waals surface area contributed by atoms with E-state index in [1.54, 1.807) is 12.1 Å². The van der Waals surface area contributed by atoms with Crippen molar-refractivity contribution >= 4 is 10.0 Å². The maximum absolute atomic E-state index is 12.7. The van der Waals surface area contributed by atoms with E-state index < -0.39 is 15.6 Å². The van der Waals surface area contributed by atoms with Crippen molar-refractivity contribution in [2.75, 3.05) is 6.61 Å². The van der Waals surface area contributed by atoms with Crippen LogP contribution >= 0.6 is 0 Å². The predicted octanol–water partition coefficient (Wildman–Crippen LogP) is 3.85. The van der Waals surface area contributed by atoms with Crippen LogP contribution in [0.3, 0.4) is 0 Å². The summed E-state index contributed by atoms with van der Waals surface area (Å²) in [6, 6.07) is 5.41. The summed E-state index contributed by atoms with van der Waals surface area (Å²) in [5.41, 5.74) is 0.291. The van der Waals surface area contributed by atoms with Gasteiger partial charge in [0.2, 0.25) is 10.0 Å². The molecule has 4 nitrogen and oxygen atoms in total. The minimum absolute atomic E-state index is 0.130. The van der Waals surface area contributed by atoms with E-state index >= 15 is 0 Å². The van der Waals surface area contributed by atoms with E-state index in [2.05, 4.69) is 25.5 Å². The Morgan fingerprint density at radius 3 is 2.14 bits per heavy atom. The minimum Gasteiger partial charge on any atom is -0.492 e. The second kappa shape index (κ2) is 6.59. The van der Waals surface area contributed by atoms with Gasteiger partial charge in [0.1, 0.15) is 10.6 Å². The molecule has 126 valence electrons. The number of benzene rings is 1. The van der Waals surface area contributed by atoms with Crippen molar-refractivity contribution < 1.29 is 13.2 Å². The number of hydrogen-bond acceptors (Lipinski definition) is 3. The Balaban J connectivity index is 3.39. The van der Waals surface area contributed by atoms with Crippen LogP contribution in [0.25, 0.3) is 0 Å². The van der Waals surface area contributed by atoms with Crippen LogP contribution in [0.2, 0.25) is 0 Å². The molecule has 1 N–H and O–H groups in total. The van der Waals surface area contributed by atoms with Crippen molar-refractivity contribution in [1.29, 1.82) is 0 Å². The van der Waals surface area contributed by atoms with Gasteiger partial charge >= 0.3 is 0 Å². The fourth-order valence-corrected chi connectivity index (χ4v) is 3.56. The number of ether oxygens (including phenoxy) is 1. The number of hydrogen-bond donors (Lipinski definition) is 1. The molecule has 0 radical (unpaired) electrons. The summed E-state index contributed by atoms with van der Waals surface area (Å²) in [5.74, 6) is 0.409. The number of nitrogens with one attached hydrogen (secondary N) is 1. The summed E-state index contributed by atoms with van der Waals surface area (Å²) >= 11 is 0. The van der Waals surface area contributed by atoms with E-state index in [1.165, 1.54) is 0 Å². The Labute approximate surface area is 135 Å². The average molecular weight is 327 g/mol. The van der Waals surface area contributed by atoms with Gasteiger partial charge in [0, 0.05) is 5.54 Å². The zero-order chi connectivity index (χ0) is 17.2. The van der Waals surface area contributed by atoms with Gasteiger partial charge in [0.25, 0.3) is 0 Å². The van der Waals surface area contributed by atoms with E-state index in [9.17, 15) is 8.42 Å². The van der Waals surface area contributed by atoms with E-state index in [0.29, 0.717) is 12.4 Å². The maximum atomic E-state index is 12.7. The van der Waals surface area contributed by atoms with E-state index in [1.807, 2.05) is 33.8 Å². The third kappa shape index (κ3) is 5.29. The van der Waals surface area contributed by atoms with Crippen LogP contribution in [0.5, 0.6) is 5.75 Å². The first-order valence-corrected chi connectivity index (χ1v) is 9.16. The molecule has 0 aromatic heterocycles. The minimum atomic E-state index is -3.64. The first kappa shape index (κ1) is 19.0. The van der Waals surface area contributed by atoms with Crippen LogP contribution in [0.4, 0.5) is 0 Å². The van der Waals surface area contributed by atoms with Crippen molar-refractivity contribution in [3.8, 4) is 5.75 Å². The molecule has 0 aliphatic heterocycles. The van der Waals surface area contributed by atoms with Gasteiger partial charge in [-0.3, -0.25) is 0 Å². The number of rotatable bonds is 5. The predicted molar refractivity (Wildman–Crippen MR) is 91.0 cm³/mol. The highest BCUT2D eigenvalue weighted by atomic mass is 32.2. The van der Waals surface area contributed by atoms with Gasteiger partial charge in [0.15, 0.2) is 0 Å². The molecule has 22 heavy (non-hydrogen) atoms. The Morgan fingerprint density at radius 1 is 1.09 bits per heavy atom. The lowest BCUT2D eigenvalue weighted by molar-refractivity contribution is 0.308. The molecule has 0 atom stereocenters. The Hall–Kier alpha value is -1.07. The van der Waals surface area contributed by atoms with E-state index in [-0.39, 0.29) is 10.3 Å². The topological polar surface area (TPSA) is 55.4 Å². The standard InChI is InChI=1S/C17H29NO3S/c1-8-11-21-14-10-9-13(16(2,3)4)12-15(14)22(19,20)18-17(5,6)7/h9-10,12,18H,8,11H2,1-7H3. The van der Waals surface area contributed by atoms with Gasteiger partial charge in [-0.05, 0) is 50.3 Å². The molecule has 0 unspecified atom stereocenters. The van der Waals surface area contributed by atoms with Crippen LogP contribution in [0.1, 0.15) is 60.5 Å². The summed E-state index contributed by atoms with van der Waals surface area (Å²) in [6.07, 6.45) is 0.827. The van der Waals surface area contributed by atoms with Crippen LogP contribution in [0, 0.1) is 0 Å². The van der Waals surface area contributed by atoms with Crippen LogP contribution in [0.15, 0.2) is 23.1 Å². The molecular weight excluding hydrogens is 298 g/mol. The molecule has 0 spiro atoms. The number of sulfonamides is 1. The lowest BCUT2D eigenvalue weighted by Gasteiger charge is -2.24. The normalized spacial score (nSPS) is 13.2. The van der Waals surface area contributed by atoms with Crippen molar-refractivity contribution in [1.82, 2.24) is 4.72 Å². The fourth-order valence-electron chi connectivity index (χ4n) is 1.97. The maximum Gasteiger partial charge on any atom is 0.244 e. The highest BCUT2D eigenvalue weighted by Crippen LogP contribution is 2.31. The van der Waals surface area contributed by atoms with Crippen LogP contribution in [-0.4, -0.2) is 20.6 Å². The van der Waals surface area contributed by atoms with E-state index in [4.69, 9.17) is 4.74 Å². The quantitative estimate of drug-likeness (QED) is 0.893. The molecule has 0 fully saturated rings. The molecule has 1 aromatic carbocycles. The molecule has 0 amide bonds. The molecule has 1 rings (SSSR count). The lowest BCUT2D eigenvalue weighted by atomic mass is 9.87. The van der Waals surface area contributed by atoms with Gasteiger partial charge < -0.3 is 4.74 Å². The molecule has 0 saturated carbocycles. The van der Waals surface area contributed by atoms with Crippen molar-refractivity contribution in [2.24, 2.45) is 0 Å². The molecule has 0 saturated heterocycles. The largest absolute Gasteiger partial charge is 0.492 e. The molecular formula is C17H29NO3S. The summed E-state index contributed by atoms with van der Waals surface area (Å²) in [6.45, 7) is 14.1. The third-order valence-corrected chi connectivity index (χ3v) is 4.78. The van der Waals surface area contributed by atoms with Crippen LogP contribution < -0.4 is 9.46 Å². The van der Waals surface area contributed by atoms with Gasteiger partial charge in [-0.1, -0.05) is 33.8 Å². The van der Waals surface area contributed by atoms with Crippen LogP contribution in [-0.2, 0) is 15.4 Å². The van der Waals surface area contributed by atoms with Gasteiger partial charge in [0.05, 0.1) is 6.61 Å². The second-order valence-electron chi connectivity index (χ2n) is 7.62. The van der Waals surface area contributed by atoms with Crippen molar-refractivity contribution in [3.63, 3.8) is 0 Å². The third-order valence-electron chi connectivity index (χ3n) is 3.00. The highest BCUT2D eigenvalue weighted by molar-refractivity contribution is 7.89. The van der Waals surface area contributed by atoms with Gasteiger partial charge in [-0.2, -0.15) is 0 Å². The monoisotopic (exact) mass is 327 g/mol. The first-order valence-electron chi connectivity index (χ1n) is 7.68. The van der Waals surface area contributed by atoms with E-state index in [0.717, 1.165) is 12.0 Å².